The van der Waals surface area contributed by atoms with Crippen LogP contribution in [0.25, 0.3) is 0 Å². The van der Waals surface area contributed by atoms with Gasteiger partial charge in [-0.15, -0.1) is 6.58 Å². The van der Waals surface area contributed by atoms with Crippen molar-refractivity contribution in [3.05, 3.63) is 30.9 Å². The van der Waals surface area contributed by atoms with Gasteiger partial charge >= 0.3 is 0 Å². The van der Waals surface area contributed by atoms with E-state index in [9.17, 15) is 8.42 Å². The van der Waals surface area contributed by atoms with Crippen molar-refractivity contribution in [1.29, 1.82) is 0 Å². The predicted molar refractivity (Wildman–Crippen MR) is 96.2 cm³/mol. The Labute approximate surface area is 145 Å². The summed E-state index contributed by atoms with van der Waals surface area (Å²) in [4.78, 5) is 6.69. The maximum absolute atomic E-state index is 12.0. The molecule has 0 spiro atoms. The zero-order valence-corrected chi connectivity index (χ0v) is 14.7. The maximum atomic E-state index is 12.0. The summed E-state index contributed by atoms with van der Waals surface area (Å²) in [5.41, 5.74) is 0.888. The first-order chi connectivity index (χ1) is 11.6. The number of ether oxygens (including phenoxy) is 2. The van der Waals surface area contributed by atoms with Gasteiger partial charge in [-0.25, -0.2) is 8.42 Å². The van der Waals surface area contributed by atoms with Crippen molar-refractivity contribution >= 4 is 32.5 Å². The average molecular weight is 366 g/mol. The van der Waals surface area contributed by atoms with Gasteiger partial charge in [0.2, 0.25) is 0 Å². The molecule has 8 heteroatoms. The highest BCUT2D eigenvalue weighted by atomic mass is 32.2. The molecule has 1 aromatic carbocycles. The molecule has 3 heterocycles. The standard InChI is InChI=1S/C16H18N2O4S2/c1-2-7-23-16-17-12-9-24(19,20)10-13(12)18(16)11-3-4-14-15(8-11)22-6-5-21-14/h2-4,8,12-13H,1,5-7,9-10H2/t12-,13-/m1/s1. The first-order valence-electron chi connectivity index (χ1n) is 7.78. The smallest absolute Gasteiger partial charge is 0.164 e. The van der Waals surface area contributed by atoms with E-state index < -0.39 is 9.84 Å². The molecule has 1 aromatic rings. The van der Waals surface area contributed by atoms with Crippen LogP contribution in [-0.4, -0.2) is 56.1 Å². The first kappa shape index (κ1) is 15.8. The number of aliphatic imine (C=N–C) groups is 1. The second-order valence-corrected chi connectivity index (χ2v) is 9.06. The highest BCUT2D eigenvalue weighted by Gasteiger charge is 2.47. The third-order valence-electron chi connectivity index (χ3n) is 4.24. The molecule has 0 amide bonds. The van der Waals surface area contributed by atoms with Crippen molar-refractivity contribution in [3.63, 3.8) is 0 Å². The maximum Gasteiger partial charge on any atom is 0.164 e. The predicted octanol–water partition coefficient (Wildman–Crippen LogP) is 1.72. The van der Waals surface area contributed by atoms with Crippen LogP contribution in [0.2, 0.25) is 0 Å². The summed E-state index contributed by atoms with van der Waals surface area (Å²) in [5.74, 6) is 2.39. The third-order valence-corrected chi connectivity index (χ3v) is 6.90. The van der Waals surface area contributed by atoms with Crippen molar-refractivity contribution in [2.24, 2.45) is 4.99 Å². The molecule has 24 heavy (non-hydrogen) atoms. The number of hydrogen-bond acceptors (Lipinski definition) is 7. The number of sulfone groups is 1. The summed E-state index contributed by atoms with van der Waals surface area (Å²) >= 11 is 1.57. The summed E-state index contributed by atoms with van der Waals surface area (Å²) in [6.45, 7) is 4.81. The van der Waals surface area contributed by atoms with E-state index >= 15 is 0 Å². The Kier molecular flexibility index (Phi) is 3.96. The second-order valence-electron chi connectivity index (χ2n) is 5.92. The zero-order valence-electron chi connectivity index (χ0n) is 13.1. The fourth-order valence-corrected chi connectivity index (χ4v) is 5.95. The van der Waals surface area contributed by atoms with Gasteiger partial charge in [0.05, 0.1) is 23.6 Å². The Morgan fingerprint density at radius 3 is 2.88 bits per heavy atom. The number of anilines is 1. The Balaban J connectivity index is 1.70. The summed E-state index contributed by atoms with van der Waals surface area (Å²) in [5, 5.41) is 0.844. The molecule has 6 nitrogen and oxygen atoms in total. The second kappa shape index (κ2) is 6.00. The van der Waals surface area contributed by atoms with E-state index in [1.807, 2.05) is 29.2 Å². The summed E-state index contributed by atoms with van der Waals surface area (Å²) in [6, 6.07) is 5.37. The fourth-order valence-electron chi connectivity index (χ4n) is 3.25. The normalized spacial score (nSPS) is 26.8. The van der Waals surface area contributed by atoms with E-state index in [1.54, 1.807) is 11.8 Å². The third kappa shape index (κ3) is 2.77. The average Bonchev–Trinajstić information content (AvgIpc) is 3.03. The molecule has 2 atom stereocenters. The van der Waals surface area contributed by atoms with E-state index in [2.05, 4.69) is 11.6 Å². The van der Waals surface area contributed by atoms with Gasteiger partial charge in [-0.05, 0) is 12.1 Å². The summed E-state index contributed by atoms with van der Waals surface area (Å²) in [7, 11) is -3.04. The van der Waals surface area contributed by atoms with E-state index in [-0.39, 0.29) is 23.6 Å². The molecule has 0 bridgehead atoms. The van der Waals surface area contributed by atoms with E-state index in [4.69, 9.17) is 9.47 Å². The van der Waals surface area contributed by atoms with Crippen LogP contribution < -0.4 is 14.4 Å². The lowest BCUT2D eigenvalue weighted by atomic mass is 10.1. The van der Waals surface area contributed by atoms with Crippen molar-refractivity contribution in [1.82, 2.24) is 0 Å². The highest BCUT2D eigenvalue weighted by Crippen LogP contribution is 2.39. The van der Waals surface area contributed by atoms with Crippen molar-refractivity contribution in [2.75, 3.05) is 35.4 Å². The van der Waals surface area contributed by atoms with Gasteiger partial charge in [0, 0.05) is 17.5 Å². The minimum Gasteiger partial charge on any atom is -0.486 e. The number of benzene rings is 1. The van der Waals surface area contributed by atoms with Crippen LogP contribution in [0, 0.1) is 0 Å². The fraction of sp³-hybridized carbons (Fsp3) is 0.438. The summed E-state index contributed by atoms with van der Waals surface area (Å²) < 4.78 is 35.2. The molecule has 0 unspecified atom stereocenters. The largest absolute Gasteiger partial charge is 0.486 e. The minimum absolute atomic E-state index is 0.122. The number of amidine groups is 1. The van der Waals surface area contributed by atoms with Crippen LogP contribution in [0.3, 0.4) is 0 Å². The number of rotatable bonds is 3. The Morgan fingerprint density at radius 1 is 1.29 bits per heavy atom. The topological polar surface area (TPSA) is 68.2 Å². The monoisotopic (exact) mass is 366 g/mol. The number of fused-ring (bicyclic) bond motifs is 2. The number of nitrogens with zero attached hydrogens (tertiary/aromatic N) is 2. The van der Waals surface area contributed by atoms with Gasteiger partial charge < -0.3 is 14.4 Å². The van der Waals surface area contributed by atoms with Crippen molar-refractivity contribution in [3.8, 4) is 11.5 Å². The van der Waals surface area contributed by atoms with Gasteiger partial charge in [0.1, 0.15) is 13.2 Å². The molecular weight excluding hydrogens is 348 g/mol. The molecule has 3 aliphatic rings. The van der Waals surface area contributed by atoms with Crippen molar-refractivity contribution < 1.29 is 17.9 Å². The molecule has 128 valence electrons. The molecular formula is C16H18N2O4S2. The highest BCUT2D eigenvalue weighted by molar-refractivity contribution is 8.14. The Hall–Kier alpha value is -1.67. The van der Waals surface area contributed by atoms with Crippen LogP contribution in [0.5, 0.6) is 11.5 Å². The van der Waals surface area contributed by atoms with Gasteiger partial charge in [-0.2, -0.15) is 0 Å². The van der Waals surface area contributed by atoms with Crippen molar-refractivity contribution in [2.45, 2.75) is 12.1 Å². The molecule has 0 N–H and O–H groups in total. The first-order valence-corrected chi connectivity index (χ1v) is 10.6. The van der Waals surface area contributed by atoms with Crippen LogP contribution in [0.15, 0.2) is 35.8 Å². The molecule has 1 fully saturated rings. The Morgan fingerprint density at radius 2 is 2.08 bits per heavy atom. The molecule has 0 aliphatic carbocycles. The molecule has 0 saturated carbocycles. The lowest BCUT2D eigenvalue weighted by Gasteiger charge is -2.28. The number of thioether (sulfide) groups is 1. The van der Waals surface area contributed by atoms with Gasteiger partial charge in [0.15, 0.2) is 26.5 Å². The lowest BCUT2D eigenvalue weighted by Crippen LogP contribution is -2.39. The quantitative estimate of drug-likeness (QED) is 0.759. The van der Waals surface area contributed by atoms with Crippen LogP contribution in [0.1, 0.15) is 0 Å². The van der Waals surface area contributed by atoms with Gasteiger partial charge in [-0.3, -0.25) is 4.99 Å². The van der Waals surface area contributed by atoms with E-state index in [1.165, 1.54) is 0 Å². The minimum atomic E-state index is -3.04. The van der Waals surface area contributed by atoms with Gasteiger partial charge in [0.25, 0.3) is 0 Å². The Bertz CT molecular complexity index is 806. The molecule has 0 radical (unpaired) electrons. The molecule has 3 aliphatic heterocycles. The zero-order chi connectivity index (χ0) is 16.7. The van der Waals surface area contributed by atoms with Crippen LogP contribution >= 0.6 is 11.8 Å². The number of hydrogen-bond donors (Lipinski definition) is 0. The molecule has 4 rings (SSSR count). The van der Waals surface area contributed by atoms with Crippen LogP contribution in [0.4, 0.5) is 5.69 Å². The molecule has 0 aromatic heterocycles. The molecule has 1 saturated heterocycles. The van der Waals surface area contributed by atoms with E-state index in [0.29, 0.717) is 19.0 Å². The SMILES string of the molecule is C=CCSC1=N[C@@H]2CS(=O)(=O)C[C@H]2N1c1ccc2c(c1)OCCO2. The van der Waals surface area contributed by atoms with Crippen LogP contribution in [-0.2, 0) is 9.84 Å². The summed E-state index contributed by atoms with van der Waals surface area (Å²) in [6.07, 6.45) is 1.82. The van der Waals surface area contributed by atoms with Gasteiger partial charge in [-0.1, -0.05) is 17.8 Å². The lowest BCUT2D eigenvalue weighted by molar-refractivity contribution is 0.171. The van der Waals surface area contributed by atoms with E-state index in [0.717, 1.165) is 22.4 Å².